The van der Waals surface area contributed by atoms with E-state index in [2.05, 4.69) is 20.8 Å². The second kappa shape index (κ2) is 6.89. The first-order valence-electron chi connectivity index (χ1n) is 7.36. The fourth-order valence-electron chi connectivity index (χ4n) is 2.49. The largest absolute Gasteiger partial charge is 0.330 e. The van der Waals surface area contributed by atoms with Crippen molar-refractivity contribution in [3.63, 3.8) is 0 Å². The number of anilines is 1. The van der Waals surface area contributed by atoms with E-state index in [4.69, 9.17) is 5.73 Å². The van der Waals surface area contributed by atoms with Crippen molar-refractivity contribution in [1.29, 1.82) is 0 Å². The van der Waals surface area contributed by atoms with Gasteiger partial charge >= 0.3 is 0 Å². The molecule has 0 fully saturated rings. The third kappa shape index (κ3) is 4.64. The number of carbonyl (C=O) groups is 1. The van der Waals surface area contributed by atoms with Gasteiger partial charge in [0.2, 0.25) is 5.91 Å². The lowest BCUT2D eigenvalue weighted by Gasteiger charge is -2.30. The number of rotatable bonds is 5. The zero-order chi connectivity index (χ0) is 15.3. The molecule has 0 saturated heterocycles. The van der Waals surface area contributed by atoms with Gasteiger partial charge in [-0.25, -0.2) is 0 Å². The summed E-state index contributed by atoms with van der Waals surface area (Å²) in [7, 11) is 0. The maximum absolute atomic E-state index is 12.7. The van der Waals surface area contributed by atoms with E-state index in [0.29, 0.717) is 13.1 Å². The minimum absolute atomic E-state index is 0.103. The summed E-state index contributed by atoms with van der Waals surface area (Å²) >= 11 is 0. The summed E-state index contributed by atoms with van der Waals surface area (Å²) in [5.74, 6) is 0.0194. The zero-order valence-electron chi connectivity index (χ0n) is 13.4. The molecule has 0 heterocycles. The molecule has 2 N–H and O–H groups in total. The number of nitrogens with zero attached hydrogens (tertiary/aromatic N) is 1. The Hall–Kier alpha value is -1.35. The number of hydrogen-bond donors (Lipinski definition) is 1. The highest BCUT2D eigenvalue weighted by molar-refractivity contribution is 5.95. The first-order chi connectivity index (χ1) is 9.28. The molecule has 1 aromatic rings. The van der Waals surface area contributed by atoms with Gasteiger partial charge in [0, 0.05) is 18.8 Å². The molecular formula is C17H28N2O. The smallest absolute Gasteiger partial charge is 0.231 e. The number of amides is 1. The van der Waals surface area contributed by atoms with Crippen molar-refractivity contribution < 1.29 is 4.79 Å². The minimum Gasteiger partial charge on any atom is -0.330 e. The summed E-state index contributed by atoms with van der Waals surface area (Å²) in [6.07, 6.45) is 0.810. The molecule has 1 amide bonds. The lowest BCUT2D eigenvalue weighted by molar-refractivity contribution is -0.122. The minimum atomic E-state index is -0.115. The number of carbonyl (C=O) groups excluding carboxylic acids is 1. The van der Waals surface area contributed by atoms with Gasteiger partial charge < -0.3 is 10.6 Å². The van der Waals surface area contributed by atoms with Crippen molar-refractivity contribution in [1.82, 2.24) is 0 Å². The van der Waals surface area contributed by atoms with E-state index in [1.165, 1.54) is 0 Å². The van der Waals surface area contributed by atoms with Crippen molar-refractivity contribution in [2.45, 2.75) is 41.0 Å². The standard InChI is InChI=1S/C17H28N2O/c1-6-19(15-9-7-8-13(2)10-15)16(20)14(12-18)11-17(3,4)5/h7-10,14H,6,11-12,18H2,1-5H3. The van der Waals surface area contributed by atoms with Crippen LogP contribution in [0.1, 0.15) is 39.7 Å². The van der Waals surface area contributed by atoms with Gasteiger partial charge in [0.05, 0.1) is 5.92 Å². The van der Waals surface area contributed by atoms with E-state index in [9.17, 15) is 4.79 Å². The van der Waals surface area contributed by atoms with E-state index in [1.807, 2.05) is 43.0 Å². The molecule has 1 aromatic carbocycles. The molecule has 1 unspecified atom stereocenters. The Morgan fingerprint density at radius 2 is 2.00 bits per heavy atom. The van der Waals surface area contributed by atoms with Gasteiger partial charge in [-0.3, -0.25) is 4.79 Å². The van der Waals surface area contributed by atoms with Crippen LogP contribution in [0.15, 0.2) is 24.3 Å². The average Bonchev–Trinajstić information content (AvgIpc) is 2.35. The molecule has 0 aromatic heterocycles. The van der Waals surface area contributed by atoms with E-state index >= 15 is 0 Å². The molecule has 1 atom stereocenters. The predicted octanol–water partition coefficient (Wildman–Crippen LogP) is 3.36. The third-order valence-corrected chi connectivity index (χ3v) is 3.39. The number of benzene rings is 1. The lowest BCUT2D eigenvalue weighted by atomic mass is 9.84. The highest BCUT2D eigenvalue weighted by Gasteiger charge is 2.27. The van der Waals surface area contributed by atoms with Gasteiger partial charge in [-0.1, -0.05) is 32.9 Å². The van der Waals surface area contributed by atoms with Gasteiger partial charge in [0.15, 0.2) is 0 Å². The van der Waals surface area contributed by atoms with Crippen LogP contribution in [-0.2, 0) is 4.79 Å². The number of hydrogen-bond acceptors (Lipinski definition) is 2. The molecule has 0 saturated carbocycles. The van der Waals surface area contributed by atoms with Gasteiger partial charge in [0.25, 0.3) is 0 Å². The summed E-state index contributed by atoms with van der Waals surface area (Å²) in [6.45, 7) is 11.5. The summed E-state index contributed by atoms with van der Waals surface area (Å²) in [5.41, 5.74) is 8.06. The van der Waals surface area contributed by atoms with Crippen LogP contribution in [0.5, 0.6) is 0 Å². The zero-order valence-corrected chi connectivity index (χ0v) is 13.4. The molecule has 0 radical (unpaired) electrons. The van der Waals surface area contributed by atoms with Crippen LogP contribution in [0.25, 0.3) is 0 Å². The predicted molar refractivity (Wildman–Crippen MR) is 85.8 cm³/mol. The summed E-state index contributed by atoms with van der Waals surface area (Å²) < 4.78 is 0. The molecule has 20 heavy (non-hydrogen) atoms. The first kappa shape index (κ1) is 16.7. The Morgan fingerprint density at radius 1 is 1.35 bits per heavy atom. The SMILES string of the molecule is CCN(C(=O)C(CN)CC(C)(C)C)c1cccc(C)c1. The molecule has 1 rings (SSSR count). The van der Waals surface area contributed by atoms with E-state index < -0.39 is 0 Å². The first-order valence-corrected chi connectivity index (χ1v) is 7.36. The molecule has 0 aliphatic rings. The monoisotopic (exact) mass is 276 g/mol. The van der Waals surface area contributed by atoms with Crippen molar-refractivity contribution in [2.75, 3.05) is 18.0 Å². The molecule has 0 spiro atoms. The Balaban J connectivity index is 2.96. The number of nitrogens with two attached hydrogens (primary N) is 1. The van der Waals surface area contributed by atoms with Crippen LogP contribution in [0.4, 0.5) is 5.69 Å². The fraction of sp³-hybridized carbons (Fsp3) is 0.588. The van der Waals surface area contributed by atoms with Crippen LogP contribution in [0, 0.1) is 18.3 Å². The maximum atomic E-state index is 12.7. The van der Waals surface area contributed by atoms with Crippen molar-refractivity contribution >= 4 is 11.6 Å². The highest BCUT2D eigenvalue weighted by atomic mass is 16.2. The second-order valence-corrected chi connectivity index (χ2v) is 6.62. The Kier molecular flexibility index (Phi) is 5.75. The van der Waals surface area contributed by atoms with Gasteiger partial charge in [0.1, 0.15) is 0 Å². The van der Waals surface area contributed by atoms with Gasteiger partial charge in [-0.05, 0) is 43.4 Å². The molecule has 112 valence electrons. The van der Waals surface area contributed by atoms with Crippen LogP contribution in [-0.4, -0.2) is 19.0 Å². The van der Waals surface area contributed by atoms with E-state index in [1.54, 1.807) is 0 Å². The molecule has 0 aliphatic carbocycles. The highest BCUT2D eigenvalue weighted by Crippen LogP contribution is 2.27. The normalized spacial score (nSPS) is 13.1. The van der Waals surface area contributed by atoms with Crippen molar-refractivity contribution in [2.24, 2.45) is 17.1 Å². The molecule has 0 bridgehead atoms. The second-order valence-electron chi connectivity index (χ2n) is 6.62. The summed E-state index contributed by atoms with van der Waals surface area (Å²) in [5, 5.41) is 0. The quantitative estimate of drug-likeness (QED) is 0.896. The van der Waals surface area contributed by atoms with Crippen LogP contribution in [0.2, 0.25) is 0 Å². The van der Waals surface area contributed by atoms with E-state index in [0.717, 1.165) is 17.7 Å². The summed E-state index contributed by atoms with van der Waals surface area (Å²) in [6, 6.07) is 8.06. The fourth-order valence-corrected chi connectivity index (χ4v) is 2.49. The van der Waals surface area contributed by atoms with Crippen molar-refractivity contribution in [3.05, 3.63) is 29.8 Å². The van der Waals surface area contributed by atoms with E-state index in [-0.39, 0.29) is 17.2 Å². The van der Waals surface area contributed by atoms with Crippen LogP contribution < -0.4 is 10.6 Å². The topological polar surface area (TPSA) is 46.3 Å². The Labute approximate surface area is 123 Å². The Bertz CT molecular complexity index is 449. The number of aryl methyl sites for hydroxylation is 1. The van der Waals surface area contributed by atoms with Gasteiger partial charge in [-0.2, -0.15) is 0 Å². The average molecular weight is 276 g/mol. The molecule has 3 nitrogen and oxygen atoms in total. The van der Waals surface area contributed by atoms with Crippen LogP contribution >= 0.6 is 0 Å². The Morgan fingerprint density at radius 3 is 2.45 bits per heavy atom. The molecule has 0 aliphatic heterocycles. The molecular weight excluding hydrogens is 248 g/mol. The maximum Gasteiger partial charge on any atom is 0.231 e. The lowest BCUT2D eigenvalue weighted by Crippen LogP contribution is -2.40. The third-order valence-electron chi connectivity index (χ3n) is 3.39. The van der Waals surface area contributed by atoms with Gasteiger partial charge in [-0.15, -0.1) is 0 Å². The summed E-state index contributed by atoms with van der Waals surface area (Å²) in [4.78, 5) is 14.6. The molecule has 3 heteroatoms. The van der Waals surface area contributed by atoms with Crippen LogP contribution in [0.3, 0.4) is 0 Å². The van der Waals surface area contributed by atoms with Crippen molar-refractivity contribution in [3.8, 4) is 0 Å².